The van der Waals surface area contributed by atoms with Crippen molar-refractivity contribution in [3.8, 4) is 23.2 Å². The molecule has 4 heterocycles. The summed E-state index contributed by atoms with van der Waals surface area (Å²) >= 11 is 0. The molecule has 0 radical (unpaired) electrons. The molecule has 2 aliphatic heterocycles. The Bertz CT molecular complexity index is 1550. The molecule has 218 valence electrons. The Hall–Kier alpha value is -4.55. The fraction of sp³-hybridized carbons (Fsp3) is 0.333. The molecule has 2 unspecified atom stereocenters. The standard InChI is InChI=1S/C30H32FN7O4/c1-40-25-4-3-22(14-24(25)31)18-38(28-7-9-35-30(36-28)37-12-10-33-19-37)13-11-32-17-23(38)16-29(39)34-8-6-21-2-5-26-27(15-21)42-20-41-26/h2-5,7,9-10,12,14-15,19,23,32H,6,8,11,13,16-18,20H2,1H3/p+1. The second-order valence-corrected chi connectivity index (χ2v) is 10.4. The molecule has 6 rings (SSSR count). The number of aromatic nitrogens is 4. The average Bonchev–Trinajstić information content (AvgIpc) is 3.71. The maximum atomic E-state index is 14.8. The number of halogens is 1. The van der Waals surface area contributed by atoms with Crippen molar-refractivity contribution < 1.29 is 23.4 Å². The van der Waals surface area contributed by atoms with Gasteiger partial charge in [-0.25, -0.2) is 14.4 Å². The number of methoxy groups -OCH3 is 1. The number of hydrogen-bond acceptors (Lipinski definition) is 8. The smallest absolute Gasteiger partial charge is 0.239 e. The summed E-state index contributed by atoms with van der Waals surface area (Å²) in [5.41, 5.74) is 1.84. The minimum atomic E-state index is -0.428. The number of quaternary nitrogens is 1. The number of hydrogen-bond donors (Lipinski definition) is 2. The predicted molar refractivity (Wildman–Crippen MR) is 153 cm³/mol. The van der Waals surface area contributed by atoms with Gasteiger partial charge in [0.2, 0.25) is 24.5 Å². The monoisotopic (exact) mass is 574 g/mol. The molecule has 0 aliphatic carbocycles. The van der Waals surface area contributed by atoms with Crippen LogP contribution < -0.4 is 29.3 Å². The normalized spacial score (nSPS) is 19.4. The summed E-state index contributed by atoms with van der Waals surface area (Å²) in [4.78, 5) is 26.8. The fourth-order valence-corrected chi connectivity index (χ4v) is 5.69. The van der Waals surface area contributed by atoms with Gasteiger partial charge in [0.1, 0.15) is 18.9 Å². The molecule has 12 heteroatoms. The van der Waals surface area contributed by atoms with E-state index in [1.54, 1.807) is 35.6 Å². The molecule has 4 aromatic rings. The van der Waals surface area contributed by atoms with Crippen molar-refractivity contribution in [3.05, 3.63) is 84.3 Å². The first-order chi connectivity index (χ1) is 20.5. The molecule has 2 aromatic heterocycles. The first kappa shape index (κ1) is 27.6. The van der Waals surface area contributed by atoms with E-state index in [1.165, 1.54) is 13.2 Å². The molecule has 2 N–H and O–H groups in total. The zero-order chi connectivity index (χ0) is 28.9. The highest BCUT2D eigenvalue weighted by Gasteiger charge is 2.44. The van der Waals surface area contributed by atoms with E-state index in [1.807, 2.05) is 30.3 Å². The lowest BCUT2D eigenvalue weighted by Gasteiger charge is -2.46. The summed E-state index contributed by atoms with van der Waals surface area (Å²) < 4.78 is 32.9. The van der Waals surface area contributed by atoms with Gasteiger partial charge < -0.3 is 24.8 Å². The van der Waals surface area contributed by atoms with Gasteiger partial charge in [-0.1, -0.05) is 6.07 Å². The first-order valence-electron chi connectivity index (χ1n) is 13.9. The van der Waals surface area contributed by atoms with Crippen LogP contribution in [0.1, 0.15) is 17.5 Å². The van der Waals surface area contributed by atoms with Crippen LogP contribution in [0.3, 0.4) is 0 Å². The number of carbonyl (C=O) groups is 1. The minimum absolute atomic E-state index is 0.0586. The second-order valence-electron chi connectivity index (χ2n) is 10.4. The molecule has 1 amide bonds. The predicted octanol–water partition coefficient (Wildman–Crippen LogP) is 2.77. The number of amides is 1. The molecule has 0 bridgehead atoms. The Kier molecular flexibility index (Phi) is 7.97. The SMILES string of the molecule is COc1ccc(C[N+]2(c3ccnc(-n4ccnc4)n3)CCNCC2CC(=O)NCCc2ccc3c(c2)OCO3)cc1F. The summed E-state index contributed by atoms with van der Waals surface area (Å²) in [5.74, 6) is 2.40. The lowest BCUT2D eigenvalue weighted by atomic mass is 10.0. The van der Waals surface area contributed by atoms with Gasteiger partial charge in [-0.2, -0.15) is 4.98 Å². The van der Waals surface area contributed by atoms with E-state index >= 15 is 0 Å². The lowest BCUT2D eigenvalue weighted by molar-refractivity contribution is -0.122. The van der Waals surface area contributed by atoms with Gasteiger partial charge in [-0.3, -0.25) is 13.8 Å². The zero-order valence-electron chi connectivity index (χ0n) is 23.3. The lowest BCUT2D eigenvalue weighted by Crippen LogP contribution is -2.66. The third-order valence-corrected chi connectivity index (χ3v) is 7.86. The van der Waals surface area contributed by atoms with Crippen molar-refractivity contribution in [1.82, 2.24) is 34.6 Å². The van der Waals surface area contributed by atoms with Crippen molar-refractivity contribution >= 4 is 11.7 Å². The van der Waals surface area contributed by atoms with Gasteiger partial charge in [0.15, 0.2) is 23.1 Å². The number of rotatable bonds is 10. The Morgan fingerprint density at radius 2 is 2.05 bits per heavy atom. The van der Waals surface area contributed by atoms with Gasteiger partial charge in [0.25, 0.3) is 0 Å². The van der Waals surface area contributed by atoms with E-state index in [4.69, 9.17) is 19.2 Å². The molecule has 0 saturated carbocycles. The molecule has 11 nitrogen and oxygen atoms in total. The highest BCUT2D eigenvalue weighted by atomic mass is 19.1. The Morgan fingerprint density at radius 1 is 1.17 bits per heavy atom. The number of ether oxygens (including phenoxy) is 3. The molecule has 2 aromatic carbocycles. The quantitative estimate of drug-likeness (QED) is 0.278. The second kappa shape index (κ2) is 12.1. The molecule has 42 heavy (non-hydrogen) atoms. The van der Waals surface area contributed by atoms with Crippen molar-refractivity contribution in [1.29, 1.82) is 0 Å². The molecule has 2 atom stereocenters. The van der Waals surface area contributed by atoms with Crippen LogP contribution in [0.5, 0.6) is 17.2 Å². The molecule has 2 aliphatic rings. The molecular formula is C30H33FN7O4+. The minimum Gasteiger partial charge on any atom is -0.494 e. The van der Waals surface area contributed by atoms with Crippen LogP contribution in [0.4, 0.5) is 10.2 Å². The van der Waals surface area contributed by atoms with Crippen LogP contribution in [-0.2, 0) is 17.8 Å². The topological polar surface area (TPSA) is 112 Å². The maximum Gasteiger partial charge on any atom is 0.239 e. The number of nitrogens with zero attached hydrogens (tertiary/aromatic N) is 5. The molecular weight excluding hydrogens is 541 g/mol. The summed E-state index contributed by atoms with van der Waals surface area (Å²) in [6, 6.07) is 12.5. The van der Waals surface area contributed by atoms with Crippen molar-refractivity contribution in [2.24, 2.45) is 0 Å². The van der Waals surface area contributed by atoms with Crippen LogP contribution in [0.2, 0.25) is 0 Å². The highest BCUT2D eigenvalue weighted by molar-refractivity contribution is 5.77. The van der Waals surface area contributed by atoms with Gasteiger partial charge in [0.05, 0.1) is 20.1 Å². The van der Waals surface area contributed by atoms with E-state index in [9.17, 15) is 9.18 Å². The highest BCUT2D eigenvalue weighted by Crippen LogP contribution is 2.33. The maximum absolute atomic E-state index is 14.8. The van der Waals surface area contributed by atoms with E-state index in [-0.39, 0.29) is 30.9 Å². The Labute approximate surface area is 242 Å². The van der Waals surface area contributed by atoms with Crippen LogP contribution in [0, 0.1) is 5.82 Å². The van der Waals surface area contributed by atoms with Gasteiger partial charge in [-0.05, 0) is 42.3 Å². The molecule has 1 saturated heterocycles. The van der Waals surface area contributed by atoms with Crippen LogP contribution >= 0.6 is 0 Å². The van der Waals surface area contributed by atoms with Crippen LogP contribution in [0.25, 0.3) is 5.95 Å². The van der Waals surface area contributed by atoms with Crippen LogP contribution in [-0.4, -0.2) is 71.5 Å². The third kappa shape index (κ3) is 5.76. The number of imidazole rings is 1. The van der Waals surface area contributed by atoms with E-state index in [2.05, 4.69) is 20.6 Å². The summed E-state index contributed by atoms with van der Waals surface area (Å²) in [5, 5.41) is 6.54. The third-order valence-electron chi connectivity index (χ3n) is 7.86. The summed E-state index contributed by atoms with van der Waals surface area (Å²) in [6.07, 6.45) is 7.74. The largest absolute Gasteiger partial charge is 0.494 e. The van der Waals surface area contributed by atoms with Gasteiger partial charge in [-0.15, -0.1) is 0 Å². The number of carbonyl (C=O) groups excluding carboxylic acids is 1. The number of fused-ring (bicyclic) bond motifs is 1. The first-order valence-corrected chi connectivity index (χ1v) is 13.9. The molecule has 0 spiro atoms. The Morgan fingerprint density at radius 3 is 2.88 bits per heavy atom. The van der Waals surface area contributed by atoms with E-state index < -0.39 is 5.82 Å². The zero-order valence-corrected chi connectivity index (χ0v) is 23.3. The van der Waals surface area contributed by atoms with E-state index in [0.717, 1.165) is 28.4 Å². The van der Waals surface area contributed by atoms with Crippen molar-refractivity contribution in [2.45, 2.75) is 25.4 Å². The van der Waals surface area contributed by atoms with Crippen molar-refractivity contribution in [2.75, 3.05) is 40.1 Å². The number of nitrogens with one attached hydrogen (secondary N) is 2. The van der Waals surface area contributed by atoms with Crippen molar-refractivity contribution in [3.63, 3.8) is 0 Å². The molecule has 1 fully saturated rings. The Balaban J connectivity index is 1.24. The van der Waals surface area contributed by atoms with Gasteiger partial charge >= 0.3 is 0 Å². The van der Waals surface area contributed by atoms with E-state index in [0.29, 0.717) is 49.6 Å². The number of piperazine rings is 1. The summed E-state index contributed by atoms with van der Waals surface area (Å²) in [7, 11) is 1.45. The number of benzene rings is 2. The van der Waals surface area contributed by atoms with Gasteiger partial charge in [0, 0.05) is 49.9 Å². The summed E-state index contributed by atoms with van der Waals surface area (Å²) in [6.45, 7) is 3.12. The fourth-order valence-electron chi connectivity index (χ4n) is 5.69. The van der Waals surface area contributed by atoms with Crippen LogP contribution in [0.15, 0.2) is 67.4 Å². The average molecular weight is 575 g/mol.